The molecule has 0 N–H and O–H groups in total. The van der Waals surface area contributed by atoms with Crippen molar-refractivity contribution >= 4 is 0 Å². The van der Waals surface area contributed by atoms with E-state index in [0.29, 0.717) is 48.3 Å². The quantitative estimate of drug-likeness (QED) is 0.0869. The number of hydrogen-bond donors (Lipinski definition) is 0. The van der Waals surface area contributed by atoms with Crippen molar-refractivity contribution in [1.29, 1.82) is 0 Å². The summed E-state index contributed by atoms with van der Waals surface area (Å²) in [6, 6.07) is 25.4. The molecule has 0 unspecified atom stereocenters. The number of rotatable bonds is 17. The maximum absolute atomic E-state index is 14.5. The smallest absolute Gasteiger partial charge is 0.201 e. The van der Waals surface area contributed by atoms with Crippen LogP contribution < -0.4 is 14.2 Å². The summed E-state index contributed by atoms with van der Waals surface area (Å²) in [5.74, 6) is 0.658. The lowest BCUT2D eigenvalue weighted by molar-refractivity contribution is 0.155. The number of halogens is 6. The summed E-state index contributed by atoms with van der Waals surface area (Å²) in [4.78, 5) is 0. The largest absolute Gasteiger partial charge is 0.491 e. The molecule has 0 heterocycles. The summed E-state index contributed by atoms with van der Waals surface area (Å²) in [7, 11) is 0. The van der Waals surface area contributed by atoms with Crippen LogP contribution >= 0.6 is 0 Å². The molecule has 0 aliphatic heterocycles. The highest BCUT2D eigenvalue weighted by Crippen LogP contribution is 2.46. The number of benzene rings is 5. The first-order valence-corrected chi connectivity index (χ1v) is 29.9. The molecule has 4 aliphatic carbocycles. The molecule has 5 aromatic carbocycles. The highest BCUT2D eigenvalue weighted by atomic mass is 19.2. The third-order valence-corrected chi connectivity index (χ3v) is 17.9. The molecule has 4 aliphatic rings. The second kappa shape index (κ2) is 29.9. The third-order valence-electron chi connectivity index (χ3n) is 17.9. The van der Waals surface area contributed by atoms with Gasteiger partial charge in [0, 0.05) is 11.1 Å². The van der Waals surface area contributed by atoms with E-state index in [9.17, 15) is 26.3 Å². The predicted octanol–water partition coefficient (Wildman–Crippen LogP) is 21.1. The number of ether oxygens (including phenoxy) is 3. The van der Waals surface area contributed by atoms with Gasteiger partial charge in [0.05, 0.1) is 19.8 Å². The molecular weight excluding hydrogens is 979 g/mol. The first-order chi connectivity index (χ1) is 37.4. The van der Waals surface area contributed by atoms with Gasteiger partial charge in [-0.1, -0.05) is 120 Å². The van der Waals surface area contributed by atoms with Gasteiger partial charge in [-0.05, 0) is 216 Å². The highest BCUT2D eigenvalue weighted by molar-refractivity contribution is 5.67. The van der Waals surface area contributed by atoms with E-state index in [1.165, 1.54) is 145 Å². The summed E-state index contributed by atoms with van der Waals surface area (Å²) < 4.78 is 101. The molecular formula is C68H88F6O3. The van der Waals surface area contributed by atoms with Gasteiger partial charge in [-0.25, -0.2) is 13.2 Å². The minimum atomic E-state index is -0.915. The molecule has 420 valence electrons. The van der Waals surface area contributed by atoms with Crippen LogP contribution in [0.15, 0.2) is 84.9 Å². The Labute approximate surface area is 458 Å². The standard InChI is InChI=1S/C23H34F2O.C23H28F2O.C22H26F2O/c2*1-3-5-16-6-8-17(9-7-16)18-10-12-19(13-11-18)20-14-15-21(26-4-2)23(25)22(20)24;1-3-15-5-7-16(8-6-15)17-9-11-18(12-10-17)19-13-14-20(25-4-2)22(24)21(19)23/h14-19H,3-13H2,1-2H3;10-17H,3-9H2,1-2H3;9-16H,3-8H2,1-2H3. The average Bonchev–Trinajstić information content (AvgIpc) is 3.46. The summed E-state index contributed by atoms with van der Waals surface area (Å²) in [5.41, 5.74) is 5.14. The topological polar surface area (TPSA) is 27.7 Å². The second-order valence-electron chi connectivity index (χ2n) is 22.6. The van der Waals surface area contributed by atoms with Crippen molar-refractivity contribution in [2.75, 3.05) is 19.8 Å². The van der Waals surface area contributed by atoms with E-state index in [2.05, 4.69) is 45.0 Å². The van der Waals surface area contributed by atoms with E-state index in [-0.39, 0.29) is 34.3 Å². The zero-order valence-electron chi connectivity index (χ0n) is 47.2. The molecule has 0 aromatic heterocycles. The molecule has 3 nitrogen and oxygen atoms in total. The summed E-state index contributed by atoms with van der Waals surface area (Å²) in [5, 5.41) is 0. The minimum absolute atomic E-state index is 0.0331. The van der Waals surface area contributed by atoms with Crippen molar-refractivity contribution in [2.45, 2.75) is 194 Å². The van der Waals surface area contributed by atoms with Crippen LogP contribution in [0.25, 0.3) is 22.3 Å². The monoisotopic (exact) mass is 1070 g/mol. The minimum Gasteiger partial charge on any atom is -0.491 e. The van der Waals surface area contributed by atoms with E-state index >= 15 is 0 Å². The van der Waals surface area contributed by atoms with Gasteiger partial charge in [-0.15, -0.1) is 0 Å². The van der Waals surface area contributed by atoms with Crippen LogP contribution in [0.1, 0.15) is 211 Å². The Bertz CT molecular complexity index is 2550. The Morgan fingerprint density at radius 1 is 0.338 bits per heavy atom. The van der Waals surface area contributed by atoms with Crippen LogP contribution in [-0.2, 0) is 0 Å². The van der Waals surface area contributed by atoms with Crippen molar-refractivity contribution in [3.8, 4) is 39.5 Å². The van der Waals surface area contributed by atoms with Crippen molar-refractivity contribution in [2.24, 2.45) is 29.6 Å². The maximum Gasteiger partial charge on any atom is 0.201 e. The predicted molar refractivity (Wildman–Crippen MR) is 303 cm³/mol. The Kier molecular flexibility index (Phi) is 23.2. The van der Waals surface area contributed by atoms with Crippen LogP contribution in [0.4, 0.5) is 26.3 Å². The van der Waals surface area contributed by atoms with Crippen LogP contribution in [-0.4, -0.2) is 19.8 Å². The van der Waals surface area contributed by atoms with Gasteiger partial charge < -0.3 is 14.2 Å². The Balaban J connectivity index is 0.000000168. The number of hydrogen-bond acceptors (Lipinski definition) is 3. The van der Waals surface area contributed by atoms with Gasteiger partial charge in [0.15, 0.2) is 34.7 Å². The van der Waals surface area contributed by atoms with Crippen LogP contribution in [0.5, 0.6) is 17.2 Å². The summed E-state index contributed by atoms with van der Waals surface area (Å²) in [6.07, 6.45) is 26.6. The molecule has 0 amide bonds. The molecule has 4 saturated carbocycles. The Morgan fingerprint density at radius 3 is 1.05 bits per heavy atom. The van der Waals surface area contributed by atoms with Crippen molar-refractivity contribution in [3.63, 3.8) is 0 Å². The third kappa shape index (κ3) is 15.7. The Morgan fingerprint density at radius 2 is 0.675 bits per heavy atom. The van der Waals surface area contributed by atoms with E-state index in [0.717, 1.165) is 42.4 Å². The van der Waals surface area contributed by atoms with Crippen LogP contribution in [0, 0.1) is 64.5 Å². The molecule has 77 heavy (non-hydrogen) atoms. The lowest BCUT2D eigenvalue weighted by atomic mass is 9.68. The SMILES string of the molecule is CCCC1CCC(C2CCC(c3ccc(OCC)c(F)c3F)CC2)CC1.CCCC1CCC(c2ccc(-c3ccc(OCC)c(F)c3F)cc2)CC1.CCOc1ccc(-c2ccc(C3CCC(CC)CC3)cc2)c(F)c1F. The van der Waals surface area contributed by atoms with E-state index in [4.69, 9.17) is 14.2 Å². The molecule has 0 bridgehead atoms. The van der Waals surface area contributed by atoms with Gasteiger partial charge in [0.2, 0.25) is 17.5 Å². The van der Waals surface area contributed by atoms with Crippen LogP contribution in [0.3, 0.4) is 0 Å². The molecule has 0 spiro atoms. The highest BCUT2D eigenvalue weighted by Gasteiger charge is 2.33. The van der Waals surface area contributed by atoms with Gasteiger partial charge >= 0.3 is 0 Å². The van der Waals surface area contributed by atoms with Gasteiger partial charge in [0.1, 0.15) is 0 Å². The van der Waals surface area contributed by atoms with E-state index in [1.807, 2.05) is 24.3 Å². The van der Waals surface area contributed by atoms with Gasteiger partial charge in [0.25, 0.3) is 0 Å². The maximum atomic E-state index is 14.5. The zero-order valence-corrected chi connectivity index (χ0v) is 47.2. The molecule has 9 rings (SSSR count). The van der Waals surface area contributed by atoms with Gasteiger partial charge in [-0.3, -0.25) is 0 Å². The molecule has 4 fully saturated rings. The van der Waals surface area contributed by atoms with E-state index in [1.54, 1.807) is 45.0 Å². The van der Waals surface area contributed by atoms with E-state index < -0.39 is 34.9 Å². The van der Waals surface area contributed by atoms with Crippen molar-refractivity contribution < 1.29 is 40.6 Å². The van der Waals surface area contributed by atoms with Gasteiger partial charge in [-0.2, -0.15) is 13.2 Å². The fourth-order valence-corrected chi connectivity index (χ4v) is 13.4. The second-order valence-corrected chi connectivity index (χ2v) is 22.6. The van der Waals surface area contributed by atoms with Crippen LogP contribution in [0.2, 0.25) is 0 Å². The first-order valence-electron chi connectivity index (χ1n) is 29.9. The normalized spacial score (nSPS) is 23.4. The molecule has 0 atom stereocenters. The average molecular weight is 1070 g/mol. The zero-order chi connectivity index (χ0) is 54.8. The summed E-state index contributed by atoms with van der Waals surface area (Å²) >= 11 is 0. The summed E-state index contributed by atoms with van der Waals surface area (Å²) in [6.45, 7) is 13.1. The molecule has 0 radical (unpaired) electrons. The fourth-order valence-electron chi connectivity index (χ4n) is 13.4. The molecule has 5 aromatic rings. The molecule has 0 saturated heterocycles. The Hall–Kier alpha value is -4.92. The first kappa shape index (κ1) is 59.7. The lowest BCUT2D eigenvalue weighted by Gasteiger charge is -2.38. The van der Waals surface area contributed by atoms with Crippen molar-refractivity contribution in [1.82, 2.24) is 0 Å². The van der Waals surface area contributed by atoms with Crippen molar-refractivity contribution in [3.05, 3.63) is 137 Å². The lowest BCUT2D eigenvalue weighted by Crippen LogP contribution is -2.25. The molecule has 9 heteroatoms. The fraction of sp³-hybridized carbons (Fsp3) is 0.559.